The molecule has 2 nitrogen and oxygen atoms in total. The third-order valence-electron chi connectivity index (χ3n) is 5.32. The SMILES string of the molecule is CC1(C2CC2)CN(CCC2CCCC2)CCN1. The first-order valence-electron chi connectivity index (χ1n) is 7.74. The largest absolute Gasteiger partial charge is 0.309 e. The van der Waals surface area contributed by atoms with Crippen LogP contribution in [0.1, 0.15) is 51.9 Å². The van der Waals surface area contributed by atoms with E-state index in [2.05, 4.69) is 17.1 Å². The Bertz CT molecular complexity index is 256. The summed E-state index contributed by atoms with van der Waals surface area (Å²) in [6.45, 7) is 7.58. The van der Waals surface area contributed by atoms with Gasteiger partial charge in [-0.2, -0.15) is 0 Å². The van der Waals surface area contributed by atoms with E-state index < -0.39 is 0 Å². The average Bonchev–Trinajstić information content (AvgIpc) is 3.06. The molecule has 0 amide bonds. The molecule has 2 heteroatoms. The maximum Gasteiger partial charge on any atom is 0.0309 e. The predicted octanol–water partition coefficient (Wildman–Crippen LogP) is 2.64. The monoisotopic (exact) mass is 236 g/mol. The minimum absolute atomic E-state index is 0.438. The highest BCUT2D eigenvalue weighted by Gasteiger charge is 2.43. The molecule has 3 rings (SSSR count). The minimum Gasteiger partial charge on any atom is -0.309 e. The number of nitrogens with zero attached hydrogens (tertiary/aromatic N) is 1. The molecule has 98 valence electrons. The van der Waals surface area contributed by atoms with Crippen LogP contribution in [0.15, 0.2) is 0 Å². The van der Waals surface area contributed by atoms with Gasteiger partial charge in [0.15, 0.2) is 0 Å². The quantitative estimate of drug-likeness (QED) is 0.807. The van der Waals surface area contributed by atoms with Crippen LogP contribution in [0.3, 0.4) is 0 Å². The second-order valence-electron chi connectivity index (χ2n) is 6.83. The number of nitrogens with one attached hydrogen (secondary N) is 1. The Morgan fingerprint density at radius 1 is 1.18 bits per heavy atom. The summed E-state index contributed by atoms with van der Waals surface area (Å²) in [7, 11) is 0. The second-order valence-corrected chi connectivity index (χ2v) is 6.83. The highest BCUT2D eigenvalue weighted by Crippen LogP contribution is 2.40. The van der Waals surface area contributed by atoms with Gasteiger partial charge in [0.05, 0.1) is 0 Å². The number of hydrogen-bond acceptors (Lipinski definition) is 2. The van der Waals surface area contributed by atoms with E-state index >= 15 is 0 Å². The molecule has 0 bridgehead atoms. The topological polar surface area (TPSA) is 15.3 Å². The van der Waals surface area contributed by atoms with Crippen molar-refractivity contribution in [1.29, 1.82) is 0 Å². The first-order valence-corrected chi connectivity index (χ1v) is 7.74. The zero-order valence-electron chi connectivity index (χ0n) is 11.4. The van der Waals surface area contributed by atoms with Crippen LogP contribution in [0.2, 0.25) is 0 Å². The highest BCUT2D eigenvalue weighted by molar-refractivity contribution is 5.02. The molecule has 1 heterocycles. The molecule has 0 aromatic rings. The lowest BCUT2D eigenvalue weighted by Crippen LogP contribution is -2.60. The lowest BCUT2D eigenvalue weighted by atomic mass is 9.92. The molecular weight excluding hydrogens is 208 g/mol. The average molecular weight is 236 g/mol. The molecule has 1 aliphatic heterocycles. The van der Waals surface area contributed by atoms with Crippen molar-refractivity contribution in [3.8, 4) is 0 Å². The summed E-state index contributed by atoms with van der Waals surface area (Å²) in [6, 6.07) is 0. The van der Waals surface area contributed by atoms with E-state index in [0.29, 0.717) is 5.54 Å². The van der Waals surface area contributed by atoms with Gasteiger partial charge in [0.2, 0.25) is 0 Å². The lowest BCUT2D eigenvalue weighted by Gasteiger charge is -2.42. The maximum absolute atomic E-state index is 3.77. The van der Waals surface area contributed by atoms with Crippen LogP contribution in [0.25, 0.3) is 0 Å². The van der Waals surface area contributed by atoms with Crippen molar-refractivity contribution in [2.75, 3.05) is 26.2 Å². The van der Waals surface area contributed by atoms with Crippen molar-refractivity contribution in [3.63, 3.8) is 0 Å². The number of rotatable bonds is 4. The lowest BCUT2D eigenvalue weighted by molar-refractivity contribution is 0.121. The van der Waals surface area contributed by atoms with Crippen molar-refractivity contribution >= 4 is 0 Å². The zero-order valence-corrected chi connectivity index (χ0v) is 11.4. The Labute approximate surface area is 106 Å². The fourth-order valence-corrected chi connectivity index (χ4v) is 3.95. The fraction of sp³-hybridized carbons (Fsp3) is 1.00. The Morgan fingerprint density at radius 2 is 1.94 bits per heavy atom. The van der Waals surface area contributed by atoms with Crippen LogP contribution in [-0.4, -0.2) is 36.6 Å². The molecule has 2 aliphatic carbocycles. The Morgan fingerprint density at radius 3 is 2.65 bits per heavy atom. The normalized spacial score (nSPS) is 36.5. The summed E-state index contributed by atoms with van der Waals surface area (Å²) in [5, 5.41) is 3.77. The van der Waals surface area contributed by atoms with Crippen LogP contribution in [0.4, 0.5) is 0 Å². The van der Waals surface area contributed by atoms with Crippen LogP contribution in [-0.2, 0) is 0 Å². The van der Waals surface area contributed by atoms with E-state index in [1.807, 2.05) is 0 Å². The molecule has 17 heavy (non-hydrogen) atoms. The highest BCUT2D eigenvalue weighted by atomic mass is 15.2. The predicted molar refractivity (Wildman–Crippen MR) is 72.1 cm³/mol. The van der Waals surface area contributed by atoms with Gasteiger partial charge in [0.25, 0.3) is 0 Å². The minimum atomic E-state index is 0.438. The van der Waals surface area contributed by atoms with Gasteiger partial charge in [-0.25, -0.2) is 0 Å². The summed E-state index contributed by atoms with van der Waals surface area (Å²) >= 11 is 0. The van der Waals surface area contributed by atoms with Gasteiger partial charge in [0.1, 0.15) is 0 Å². The molecule has 2 saturated carbocycles. The summed E-state index contributed by atoms with van der Waals surface area (Å²) in [4.78, 5) is 2.73. The zero-order chi connectivity index (χ0) is 11.7. The van der Waals surface area contributed by atoms with Gasteiger partial charge in [-0.15, -0.1) is 0 Å². The summed E-state index contributed by atoms with van der Waals surface area (Å²) in [5.74, 6) is 2.02. The summed E-state index contributed by atoms with van der Waals surface area (Å²) in [6.07, 6.45) is 10.4. The first-order chi connectivity index (χ1) is 8.26. The molecular formula is C15H28N2. The molecule has 3 aliphatic rings. The van der Waals surface area contributed by atoms with Gasteiger partial charge in [-0.3, -0.25) is 0 Å². The van der Waals surface area contributed by atoms with E-state index in [4.69, 9.17) is 0 Å². The molecule has 1 N–H and O–H groups in total. The molecule has 0 radical (unpaired) electrons. The molecule has 3 fully saturated rings. The van der Waals surface area contributed by atoms with Crippen LogP contribution in [0, 0.1) is 11.8 Å². The van der Waals surface area contributed by atoms with E-state index in [9.17, 15) is 0 Å². The van der Waals surface area contributed by atoms with Crippen LogP contribution in [0.5, 0.6) is 0 Å². The molecule has 1 atom stereocenters. The molecule has 0 aromatic heterocycles. The Balaban J connectivity index is 1.46. The summed E-state index contributed by atoms with van der Waals surface area (Å²) in [5.41, 5.74) is 0.438. The summed E-state index contributed by atoms with van der Waals surface area (Å²) < 4.78 is 0. The third kappa shape index (κ3) is 2.85. The molecule has 1 unspecified atom stereocenters. The smallest absolute Gasteiger partial charge is 0.0309 e. The molecule has 0 spiro atoms. The third-order valence-corrected chi connectivity index (χ3v) is 5.32. The second kappa shape index (κ2) is 4.89. The van der Waals surface area contributed by atoms with Crippen LogP contribution < -0.4 is 5.32 Å². The Hall–Kier alpha value is -0.0800. The van der Waals surface area contributed by atoms with Gasteiger partial charge in [-0.05, 0) is 44.6 Å². The van der Waals surface area contributed by atoms with Gasteiger partial charge >= 0.3 is 0 Å². The van der Waals surface area contributed by atoms with Crippen molar-refractivity contribution in [3.05, 3.63) is 0 Å². The molecule has 1 saturated heterocycles. The number of hydrogen-bond donors (Lipinski definition) is 1. The Kier molecular flexibility index (Phi) is 3.45. The van der Waals surface area contributed by atoms with Gasteiger partial charge < -0.3 is 10.2 Å². The maximum atomic E-state index is 3.77. The van der Waals surface area contributed by atoms with Gasteiger partial charge in [0, 0.05) is 25.2 Å². The van der Waals surface area contributed by atoms with E-state index in [1.54, 1.807) is 0 Å². The fourth-order valence-electron chi connectivity index (χ4n) is 3.95. The van der Waals surface area contributed by atoms with Gasteiger partial charge in [-0.1, -0.05) is 25.7 Å². The molecule has 0 aromatic carbocycles. The van der Waals surface area contributed by atoms with E-state index in [1.165, 1.54) is 71.1 Å². The number of piperazine rings is 1. The van der Waals surface area contributed by atoms with Crippen molar-refractivity contribution in [1.82, 2.24) is 10.2 Å². The van der Waals surface area contributed by atoms with E-state index in [-0.39, 0.29) is 0 Å². The van der Waals surface area contributed by atoms with Crippen molar-refractivity contribution in [2.45, 2.75) is 57.4 Å². The van der Waals surface area contributed by atoms with Crippen molar-refractivity contribution < 1.29 is 0 Å². The van der Waals surface area contributed by atoms with Crippen LogP contribution >= 0.6 is 0 Å². The standard InChI is InChI=1S/C15H28N2/c1-15(14-6-7-14)12-17(11-9-16-15)10-8-13-4-2-3-5-13/h13-14,16H,2-12H2,1H3. The van der Waals surface area contributed by atoms with Crippen molar-refractivity contribution in [2.24, 2.45) is 11.8 Å². The van der Waals surface area contributed by atoms with E-state index in [0.717, 1.165) is 11.8 Å². The first kappa shape index (κ1) is 12.0.